The number of aromatic nitrogens is 3. The van der Waals surface area contributed by atoms with Crippen molar-refractivity contribution in [2.75, 3.05) is 7.05 Å². The molecule has 2 aromatic rings. The molecule has 2 rings (SSSR count). The zero-order valence-corrected chi connectivity index (χ0v) is 10.9. The highest BCUT2D eigenvalue weighted by atomic mass is 16.1. The first kappa shape index (κ1) is 12.8. The van der Waals surface area contributed by atoms with Crippen molar-refractivity contribution in [1.82, 2.24) is 20.1 Å². The van der Waals surface area contributed by atoms with Gasteiger partial charge in [-0.15, -0.1) is 0 Å². The molecule has 0 atom stereocenters. The van der Waals surface area contributed by atoms with E-state index in [9.17, 15) is 10.1 Å². The molecular weight excluding hydrogens is 242 g/mol. The first-order chi connectivity index (χ1) is 9.06. The summed E-state index contributed by atoms with van der Waals surface area (Å²) < 4.78 is 1.52. The lowest BCUT2D eigenvalue weighted by Gasteiger charge is -2.07. The molecule has 1 N–H and O–H groups in total. The number of nitriles is 1. The molecule has 0 saturated heterocycles. The van der Waals surface area contributed by atoms with Crippen LogP contribution in [0.15, 0.2) is 18.3 Å². The van der Waals surface area contributed by atoms with E-state index in [1.54, 1.807) is 32.3 Å². The van der Waals surface area contributed by atoms with E-state index in [-0.39, 0.29) is 5.91 Å². The standard InChI is InChI=1S/C13H13N5O/c1-8-6-12(10(7-14)9(2)16-8)18-5-4-11(17-18)13(19)15-3/h4-6H,1-3H3,(H,15,19). The molecule has 0 spiro atoms. The Morgan fingerprint density at radius 2 is 2.21 bits per heavy atom. The molecule has 0 unspecified atom stereocenters. The molecular formula is C13H13N5O. The van der Waals surface area contributed by atoms with Gasteiger partial charge in [0.05, 0.1) is 16.9 Å². The van der Waals surface area contributed by atoms with E-state index in [2.05, 4.69) is 21.5 Å². The SMILES string of the molecule is CNC(=O)c1ccn(-c2cc(C)nc(C)c2C#N)n1. The lowest BCUT2D eigenvalue weighted by Crippen LogP contribution is -2.18. The Morgan fingerprint density at radius 1 is 1.47 bits per heavy atom. The minimum absolute atomic E-state index is 0.264. The Bertz CT molecular complexity index is 681. The van der Waals surface area contributed by atoms with Crippen molar-refractivity contribution in [3.05, 3.63) is 41.0 Å². The molecule has 0 saturated carbocycles. The van der Waals surface area contributed by atoms with Crippen LogP contribution >= 0.6 is 0 Å². The van der Waals surface area contributed by atoms with Crippen molar-refractivity contribution in [2.45, 2.75) is 13.8 Å². The summed E-state index contributed by atoms with van der Waals surface area (Å²) in [6, 6.07) is 5.49. The maximum Gasteiger partial charge on any atom is 0.271 e. The van der Waals surface area contributed by atoms with Crippen LogP contribution in [0.2, 0.25) is 0 Å². The average molecular weight is 255 g/mol. The molecule has 1 amide bonds. The van der Waals surface area contributed by atoms with Crippen LogP contribution in [0.5, 0.6) is 0 Å². The number of hydrogen-bond donors (Lipinski definition) is 1. The van der Waals surface area contributed by atoms with Crippen molar-refractivity contribution >= 4 is 5.91 Å². The van der Waals surface area contributed by atoms with Gasteiger partial charge in [-0.3, -0.25) is 9.78 Å². The van der Waals surface area contributed by atoms with Crippen LogP contribution in [0, 0.1) is 25.2 Å². The first-order valence-corrected chi connectivity index (χ1v) is 5.73. The number of carbonyl (C=O) groups excluding carboxylic acids is 1. The van der Waals surface area contributed by atoms with Crippen molar-refractivity contribution in [2.24, 2.45) is 0 Å². The molecule has 0 aliphatic heterocycles. The van der Waals surface area contributed by atoms with E-state index in [0.717, 1.165) is 5.69 Å². The van der Waals surface area contributed by atoms with Gasteiger partial charge < -0.3 is 5.32 Å². The summed E-state index contributed by atoms with van der Waals surface area (Å²) in [5.41, 5.74) is 2.83. The number of rotatable bonds is 2. The number of carbonyl (C=O) groups is 1. The molecule has 0 aliphatic rings. The van der Waals surface area contributed by atoms with Gasteiger partial charge in [-0.1, -0.05) is 0 Å². The fourth-order valence-corrected chi connectivity index (χ4v) is 1.83. The summed E-state index contributed by atoms with van der Waals surface area (Å²) in [6.45, 7) is 3.62. The quantitative estimate of drug-likeness (QED) is 0.871. The number of hydrogen-bond acceptors (Lipinski definition) is 4. The molecule has 0 fully saturated rings. The van der Waals surface area contributed by atoms with Crippen LogP contribution in [0.3, 0.4) is 0 Å². The normalized spacial score (nSPS) is 10.0. The summed E-state index contributed by atoms with van der Waals surface area (Å²) in [5, 5.41) is 15.9. The van der Waals surface area contributed by atoms with Gasteiger partial charge in [0, 0.05) is 18.9 Å². The summed E-state index contributed by atoms with van der Waals surface area (Å²) in [5.74, 6) is -0.264. The van der Waals surface area contributed by atoms with Crippen molar-refractivity contribution in [3.8, 4) is 11.8 Å². The molecule has 0 bridgehead atoms. The smallest absolute Gasteiger partial charge is 0.271 e. The maximum atomic E-state index is 11.5. The van der Waals surface area contributed by atoms with Crippen molar-refractivity contribution in [1.29, 1.82) is 5.26 Å². The predicted octanol–water partition coefficient (Wildman–Crippen LogP) is 1.12. The summed E-state index contributed by atoms with van der Waals surface area (Å²) in [6.07, 6.45) is 1.65. The molecule has 6 heteroatoms. The largest absolute Gasteiger partial charge is 0.354 e. The minimum atomic E-state index is -0.264. The van der Waals surface area contributed by atoms with E-state index >= 15 is 0 Å². The van der Waals surface area contributed by atoms with E-state index in [1.807, 2.05) is 6.92 Å². The van der Waals surface area contributed by atoms with Gasteiger partial charge in [0.15, 0.2) is 5.69 Å². The summed E-state index contributed by atoms with van der Waals surface area (Å²) >= 11 is 0. The molecule has 0 aliphatic carbocycles. The summed E-state index contributed by atoms with van der Waals surface area (Å²) in [7, 11) is 1.54. The van der Waals surface area contributed by atoms with E-state index in [0.29, 0.717) is 22.6 Å². The number of amides is 1. The van der Waals surface area contributed by atoms with Crippen molar-refractivity contribution in [3.63, 3.8) is 0 Å². The highest BCUT2D eigenvalue weighted by molar-refractivity contribution is 5.91. The molecule has 19 heavy (non-hydrogen) atoms. The average Bonchev–Trinajstić information content (AvgIpc) is 2.86. The van der Waals surface area contributed by atoms with Crippen LogP contribution in [0.4, 0.5) is 0 Å². The predicted molar refractivity (Wildman–Crippen MR) is 68.9 cm³/mol. The van der Waals surface area contributed by atoms with Gasteiger partial charge in [-0.05, 0) is 26.0 Å². The fourth-order valence-electron chi connectivity index (χ4n) is 1.83. The van der Waals surface area contributed by atoms with Crippen LogP contribution in [0.25, 0.3) is 5.69 Å². The Balaban J connectivity index is 2.56. The fraction of sp³-hybridized carbons (Fsp3) is 0.231. The molecule has 0 radical (unpaired) electrons. The van der Waals surface area contributed by atoms with E-state index < -0.39 is 0 Å². The molecule has 0 aromatic carbocycles. The number of nitrogens with zero attached hydrogens (tertiary/aromatic N) is 4. The van der Waals surface area contributed by atoms with Gasteiger partial charge in [0.25, 0.3) is 5.91 Å². The third-order valence-electron chi connectivity index (χ3n) is 2.72. The highest BCUT2D eigenvalue weighted by Crippen LogP contribution is 2.17. The Kier molecular flexibility index (Phi) is 3.29. The van der Waals surface area contributed by atoms with Crippen LogP contribution < -0.4 is 5.32 Å². The van der Waals surface area contributed by atoms with Gasteiger partial charge >= 0.3 is 0 Å². The Morgan fingerprint density at radius 3 is 2.84 bits per heavy atom. The topological polar surface area (TPSA) is 83.6 Å². The molecule has 6 nitrogen and oxygen atoms in total. The van der Waals surface area contributed by atoms with Gasteiger partial charge in [0.2, 0.25) is 0 Å². The summed E-state index contributed by atoms with van der Waals surface area (Å²) in [4.78, 5) is 15.7. The zero-order valence-electron chi connectivity index (χ0n) is 10.9. The second-order valence-corrected chi connectivity index (χ2v) is 4.08. The highest BCUT2D eigenvalue weighted by Gasteiger charge is 2.13. The minimum Gasteiger partial charge on any atom is -0.354 e. The zero-order chi connectivity index (χ0) is 14.0. The van der Waals surface area contributed by atoms with Crippen molar-refractivity contribution < 1.29 is 4.79 Å². The van der Waals surface area contributed by atoms with Gasteiger partial charge in [-0.25, -0.2) is 4.68 Å². The van der Waals surface area contributed by atoms with Gasteiger partial charge in [0.1, 0.15) is 6.07 Å². The van der Waals surface area contributed by atoms with Crippen LogP contribution in [-0.2, 0) is 0 Å². The van der Waals surface area contributed by atoms with E-state index in [4.69, 9.17) is 0 Å². The maximum absolute atomic E-state index is 11.5. The van der Waals surface area contributed by atoms with Gasteiger partial charge in [-0.2, -0.15) is 10.4 Å². The Labute approximate surface area is 110 Å². The number of aryl methyl sites for hydroxylation is 2. The first-order valence-electron chi connectivity index (χ1n) is 5.73. The van der Waals surface area contributed by atoms with E-state index in [1.165, 1.54) is 4.68 Å². The lowest BCUT2D eigenvalue weighted by molar-refractivity contribution is 0.0957. The van der Waals surface area contributed by atoms with Crippen LogP contribution in [0.1, 0.15) is 27.4 Å². The Hall–Kier alpha value is -2.68. The third-order valence-corrected chi connectivity index (χ3v) is 2.72. The molecule has 96 valence electrons. The third kappa shape index (κ3) is 2.31. The monoisotopic (exact) mass is 255 g/mol. The lowest BCUT2D eigenvalue weighted by atomic mass is 10.1. The van der Waals surface area contributed by atoms with Crippen LogP contribution in [-0.4, -0.2) is 27.7 Å². The second-order valence-electron chi connectivity index (χ2n) is 4.08. The second kappa shape index (κ2) is 4.90. The number of pyridine rings is 1. The molecule has 2 heterocycles. The molecule has 2 aromatic heterocycles. The number of nitrogens with one attached hydrogen (secondary N) is 1.